The fourth-order valence-electron chi connectivity index (χ4n) is 2.50. The number of methoxy groups -OCH3 is 1. The molecule has 3 rings (SSSR count). The number of benzene rings is 2. The van der Waals surface area contributed by atoms with Crippen molar-refractivity contribution in [2.45, 2.75) is 12.3 Å². The largest absolute Gasteiger partial charge is 0.497 e. The number of nitrogens with one attached hydrogen (secondary N) is 1. The van der Waals surface area contributed by atoms with Gasteiger partial charge in [-0.1, -0.05) is 23.7 Å². The zero-order chi connectivity index (χ0) is 14.1. The van der Waals surface area contributed by atoms with Crippen LogP contribution in [0.2, 0.25) is 5.02 Å². The van der Waals surface area contributed by atoms with Gasteiger partial charge in [0.25, 0.3) is 0 Å². The van der Waals surface area contributed by atoms with Crippen molar-refractivity contribution in [3.05, 3.63) is 58.6 Å². The third-order valence-electron chi connectivity index (χ3n) is 3.56. The van der Waals surface area contributed by atoms with E-state index in [9.17, 15) is 4.79 Å². The Morgan fingerprint density at radius 2 is 1.95 bits per heavy atom. The summed E-state index contributed by atoms with van der Waals surface area (Å²) in [5.41, 5.74) is 2.93. The van der Waals surface area contributed by atoms with E-state index in [1.165, 1.54) is 0 Å². The van der Waals surface area contributed by atoms with Crippen LogP contribution in [0.3, 0.4) is 0 Å². The van der Waals surface area contributed by atoms with Gasteiger partial charge in [-0.25, -0.2) is 0 Å². The van der Waals surface area contributed by atoms with Crippen molar-refractivity contribution in [2.24, 2.45) is 0 Å². The highest BCUT2D eigenvalue weighted by atomic mass is 35.5. The van der Waals surface area contributed by atoms with Gasteiger partial charge in [0, 0.05) is 10.7 Å². The fourth-order valence-corrected chi connectivity index (χ4v) is 2.68. The minimum atomic E-state index is -0.183. The van der Waals surface area contributed by atoms with Crippen molar-refractivity contribution in [3.8, 4) is 5.75 Å². The van der Waals surface area contributed by atoms with Crippen LogP contribution in [0.1, 0.15) is 17.0 Å². The standard InChI is InChI=1S/C16H14ClNO2/c1-20-12-5-2-10(3-6-12)8-14-13-9-11(17)4-7-15(13)18-16(14)19/h2-7,9,14H,8H2,1H3,(H,18,19)/t14-/m0/s1. The van der Waals surface area contributed by atoms with Crippen LogP contribution in [0.15, 0.2) is 42.5 Å². The Hall–Kier alpha value is -2.00. The molecule has 2 aromatic rings. The number of carbonyl (C=O) groups is 1. The number of halogens is 1. The first-order valence-corrected chi connectivity index (χ1v) is 6.78. The molecule has 2 aromatic carbocycles. The number of rotatable bonds is 3. The number of carbonyl (C=O) groups excluding carboxylic acids is 1. The van der Waals surface area contributed by atoms with Crippen LogP contribution < -0.4 is 10.1 Å². The molecule has 0 aromatic heterocycles. The molecular weight excluding hydrogens is 274 g/mol. The number of hydrogen-bond acceptors (Lipinski definition) is 2. The van der Waals surface area contributed by atoms with E-state index in [0.717, 1.165) is 22.6 Å². The Balaban J connectivity index is 1.87. The fraction of sp³-hybridized carbons (Fsp3) is 0.188. The minimum absolute atomic E-state index is 0.0260. The van der Waals surface area contributed by atoms with Crippen LogP contribution in [0, 0.1) is 0 Å². The van der Waals surface area contributed by atoms with Gasteiger partial charge in [-0.2, -0.15) is 0 Å². The molecule has 0 bridgehead atoms. The summed E-state index contributed by atoms with van der Waals surface area (Å²) in [4.78, 5) is 12.1. The van der Waals surface area contributed by atoms with Crippen molar-refractivity contribution >= 4 is 23.2 Å². The highest BCUT2D eigenvalue weighted by Gasteiger charge is 2.30. The summed E-state index contributed by atoms with van der Waals surface area (Å²) in [6, 6.07) is 13.3. The molecule has 0 radical (unpaired) electrons. The second-order valence-corrected chi connectivity index (χ2v) is 5.26. The molecule has 4 heteroatoms. The average Bonchev–Trinajstić information content (AvgIpc) is 2.76. The van der Waals surface area contributed by atoms with Crippen molar-refractivity contribution in [1.82, 2.24) is 0 Å². The number of ether oxygens (including phenoxy) is 1. The topological polar surface area (TPSA) is 38.3 Å². The normalized spacial score (nSPS) is 16.7. The van der Waals surface area contributed by atoms with Crippen LogP contribution >= 0.6 is 11.6 Å². The first-order valence-electron chi connectivity index (χ1n) is 6.40. The molecule has 0 aliphatic carbocycles. The lowest BCUT2D eigenvalue weighted by Gasteiger charge is -2.09. The van der Waals surface area contributed by atoms with Gasteiger partial charge in [0.15, 0.2) is 0 Å². The van der Waals surface area contributed by atoms with Gasteiger partial charge in [0.1, 0.15) is 5.75 Å². The third kappa shape index (κ3) is 2.37. The first kappa shape index (κ1) is 13.0. The monoisotopic (exact) mass is 287 g/mol. The van der Waals surface area contributed by atoms with E-state index in [4.69, 9.17) is 16.3 Å². The predicted octanol–water partition coefficient (Wildman–Crippen LogP) is 3.63. The van der Waals surface area contributed by atoms with E-state index >= 15 is 0 Å². The summed E-state index contributed by atoms with van der Waals surface area (Å²) in [5.74, 6) is 0.656. The quantitative estimate of drug-likeness (QED) is 0.936. The Kier molecular flexibility index (Phi) is 3.36. The van der Waals surface area contributed by atoms with Gasteiger partial charge in [-0.05, 0) is 47.9 Å². The first-order chi connectivity index (χ1) is 9.67. The Bertz CT molecular complexity index is 652. The lowest BCUT2D eigenvalue weighted by atomic mass is 9.93. The second-order valence-electron chi connectivity index (χ2n) is 4.83. The Morgan fingerprint density at radius 3 is 2.65 bits per heavy atom. The molecule has 0 fully saturated rings. The van der Waals surface area contributed by atoms with Crippen molar-refractivity contribution in [1.29, 1.82) is 0 Å². The van der Waals surface area contributed by atoms with Crippen LogP contribution in [-0.2, 0) is 11.2 Å². The highest BCUT2D eigenvalue weighted by molar-refractivity contribution is 6.31. The summed E-state index contributed by atoms with van der Waals surface area (Å²) in [6.07, 6.45) is 0.656. The molecule has 1 aliphatic heterocycles. The summed E-state index contributed by atoms with van der Waals surface area (Å²) < 4.78 is 5.14. The molecule has 1 heterocycles. The van der Waals surface area contributed by atoms with Crippen molar-refractivity contribution < 1.29 is 9.53 Å². The van der Waals surface area contributed by atoms with E-state index in [2.05, 4.69) is 5.32 Å². The van der Waals surface area contributed by atoms with Crippen molar-refractivity contribution in [2.75, 3.05) is 12.4 Å². The molecule has 1 atom stereocenters. The maximum Gasteiger partial charge on any atom is 0.232 e. The molecule has 0 unspecified atom stereocenters. The van der Waals surface area contributed by atoms with E-state index in [1.807, 2.05) is 36.4 Å². The molecule has 1 N–H and O–H groups in total. The number of amides is 1. The van der Waals surface area contributed by atoms with Gasteiger partial charge in [-0.15, -0.1) is 0 Å². The van der Waals surface area contributed by atoms with Crippen molar-refractivity contribution in [3.63, 3.8) is 0 Å². The summed E-state index contributed by atoms with van der Waals surface area (Å²) in [6.45, 7) is 0. The molecule has 1 amide bonds. The molecule has 102 valence electrons. The van der Waals surface area contributed by atoms with E-state index in [0.29, 0.717) is 11.4 Å². The predicted molar refractivity (Wildman–Crippen MR) is 79.5 cm³/mol. The maximum absolute atomic E-state index is 12.1. The van der Waals surface area contributed by atoms with Crippen LogP contribution in [0.25, 0.3) is 0 Å². The zero-order valence-corrected chi connectivity index (χ0v) is 11.8. The molecule has 1 aliphatic rings. The van der Waals surface area contributed by atoms with Crippen LogP contribution in [-0.4, -0.2) is 13.0 Å². The highest BCUT2D eigenvalue weighted by Crippen LogP contribution is 2.36. The summed E-state index contributed by atoms with van der Waals surface area (Å²) in [5, 5.41) is 3.55. The number of hydrogen-bond donors (Lipinski definition) is 1. The Labute approximate surface area is 122 Å². The van der Waals surface area contributed by atoms with Crippen LogP contribution in [0.4, 0.5) is 5.69 Å². The molecule has 0 saturated carbocycles. The third-order valence-corrected chi connectivity index (χ3v) is 3.80. The number of fused-ring (bicyclic) bond motifs is 1. The van der Waals surface area contributed by atoms with Gasteiger partial charge >= 0.3 is 0 Å². The van der Waals surface area contributed by atoms with E-state index in [-0.39, 0.29) is 11.8 Å². The van der Waals surface area contributed by atoms with Gasteiger partial charge in [0.2, 0.25) is 5.91 Å². The zero-order valence-electron chi connectivity index (χ0n) is 11.0. The van der Waals surface area contributed by atoms with E-state index in [1.54, 1.807) is 13.2 Å². The lowest BCUT2D eigenvalue weighted by Crippen LogP contribution is -2.14. The molecule has 0 saturated heterocycles. The molecule has 20 heavy (non-hydrogen) atoms. The maximum atomic E-state index is 12.1. The van der Waals surface area contributed by atoms with E-state index < -0.39 is 0 Å². The second kappa shape index (κ2) is 5.17. The smallest absolute Gasteiger partial charge is 0.232 e. The summed E-state index contributed by atoms with van der Waals surface area (Å²) >= 11 is 6.02. The van der Waals surface area contributed by atoms with Gasteiger partial charge in [-0.3, -0.25) is 4.79 Å². The molecule has 3 nitrogen and oxygen atoms in total. The lowest BCUT2D eigenvalue weighted by molar-refractivity contribution is -0.117. The Morgan fingerprint density at radius 1 is 1.20 bits per heavy atom. The average molecular weight is 288 g/mol. The minimum Gasteiger partial charge on any atom is -0.497 e. The van der Waals surface area contributed by atoms with Gasteiger partial charge in [0.05, 0.1) is 13.0 Å². The SMILES string of the molecule is COc1ccc(C[C@@H]2C(=O)Nc3ccc(Cl)cc32)cc1. The van der Waals surface area contributed by atoms with Crippen LogP contribution in [0.5, 0.6) is 5.75 Å². The van der Waals surface area contributed by atoms with Gasteiger partial charge < -0.3 is 10.1 Å². The number of anilines is 1. The molecular formula is C16H14ClNO2. The molecule has 0 spiro atoms. The summed E-state index contributed by atoms with van der Waals surface area (Å²) in [7, 11) is 1.64.